The summed E-state index contributed by atoms with van der Waals surface area (Å²) >= 11 is 3.51. The Kier molecular flexibility index (Phi) is 5.10. The van der Waals surface area contributed by atoms with Gasteiger partial charge in [0.1, 0.15) is 0 Å². The normalized spacial score (nSPS) is 14.1. The maximum Gasteiger partial charge on any atom is 0.229 e. The van der Waals surface area contributed by atoms with Crippen molar-refractivity contribution in [2.45, 2.75) is 46.0 Å². The Labute approximate surface area is 173 Å². The summed E-state index contributed by atoms with van der Waals surface area (Å²) in [4.78, 5) is 8.94. The van der Waals surface area contributed by atoms with Gasteiger partial charge in [-0.25, -0.2) is 4.98 Å². The van der Waals surface area contributed by atoms with Gasteiger partial charge in [0.25, 0.3) is 0 Å². The molecule has 4 rings (SSSR count). The van der Waals surface area contributed by atoms with Crippen LogP contribution in [0.25, 0.3) is 0 Å². The first-order valence-electron chi connectivity index (χ1n) is 9.56. The van der Waals surface area contributed by atoms with Crippen molar-refractivity contribution < 1.29 is 0 Å². The molecule has 1 aliphatic rings. The lowest BCUT2D eigenvalue weighted by Crippen LogP contribution is -2.09. The Bertz CT molecular complexity index is 954. The number of hydrogen-bond acceptors (Lipinski definition) is 5. The number of nitrogens with one attached hydrogen (secondary N) is 3. The SMILES string of the molecule is CC(C)(C)Cc1ccc(Nc2ncc(Br)c(Nc3cc(C4CC4)[nH]n3)n2)cc1. The van der Waals surface area contributed by atoms with E-state index in [0.717, 1.165) is 22.4 Å². The van der Waals surface area contributed by atoms with E-state index in [-0.39, 0.29) is 5.41 Å². The van der Waals surface area contributed by atoms with Crippen LogP contribution in [0, 0.1) is 5.41 Å². The fourth-order valence-corrected chi connectivity index (χ4v) is 3.38. The summed E-state index contributed by atoms with van der Waals surface area (Å²) in [5.41, 5.74) is 3.74. The number of H-pyrrole nitrogens is 1. The van der Waals surface area contributed by atoms with Gasteiger partial charge in [-0.05, 0) is 58.3 Å². The second kappa shape index (κ2) is 7.54. The number of anilines is 4. The quantitative estimate of drug-likeness (QED) is 0.443. The number of nitrogens with zero attached hydrogens (tertiary/aromatic N) is 3. The molecule has 0 unspecified atom stereocenters. The lowest BCUT2D eigenvalue weighted by molar-refractivity contribution is 0.411. The molecule has 0 amide bonds. The average molecular weight is 441 g/mol. The van der Waals surface area contributed by atoms with Crippen molar-refractivity contribution in [1.29, 1.82) is 0 Å². The minimum absolute atomic E-state index is 0.274. The van der Waals surface area contributed by atoms with E-state index in [2.05, 4.69) is 91.8 Å². The molecule has 1 saturated carbocycles. The third kappa shape index (κ3) is 4.90. The molecule has 146 valence electrons. The minimum Gasteiger partial charge on any atom is -0.324 e. The van der Waals surface area contributed by atoms with Gasteiger partial charge < -0.3 is 10.6 Å². The molecule has 28 heavy (non-hydrogen) atoms. The van der Waals surface area contributed by atoms with E-state index in [0.29, 0.717) is 17.7 Å². The molecule has 1 aliphatic carbocycles. The van der Waals surface area contributed by atoms with Crippen molar-refractivity contribution in [3.63, 3.8) is 0 Å². The van der Waals surface area contributed by atoms with Crippen LogP contribution < -0.4 is 10.6 Å². The number of hydrogen-bond donors (Lipinski definition) is 3. The zero-order valence-corrected chi connectivity index (χ0v) is 18.0. The molecule has 1 fully saturated rings. The molecule has 0 saturated heterocycles. The predicted molar refractivity (Wildman–Crippen MR) is 116 cm³/mol. The van der Waals surface area contributed by atoms with Gasteiger partial charge >= 0.3 is 0 Å². The molecule has 3 N–H and O–H groups in total. The van der Waals surface area contributed by atoms with Crippen molar-refractivity contribution in [2.75, 3.05) is 10.6 Å². The Morgan fingerprint density at radius 3 is 2.57 bits per heavy atom. The summed E-state index contributed by atoms with van der Waals surface area (Å²) in [5.74, 6) is 2.61. The molecule has 3 aromatic rings. The van der Waals surface area contributed by atoms with Gasteiger partial charge in [0.2, 0.25) is 5.95 Å². The second-order valence-electron chi connectivity index (χ2n) is 8.56. The van der Waals surface area contributed by atoms with Crippen molar-refractivity contribution in [1.82, 2.24) is 20.2 Å². The first-order chi connectivity index (χ1) is 13.4. The standard InChI is InChI=1S/C21H25BrN6/c1-21(2,3)11-13-4-8-15(9-5-13)24-20-23-12-16(22)19(26-20)25-18-10-17(27-28-18)14-6-7-14/h4-5,8-10,12,14H,6-7,11H2,1-3H3,(H3,23,24,25,26,27,28). The van der Waals surface area contributed by atoms with Gasteiger partial charge in [-0.15, -0.1) is 0 Å². The van der Waals surface area contributed by atoms with Crippen LogP contribution in [0.5, 0.6) is 0 Å². The number of halogens is 1. The number of rotatable bonds is 6. The molecular formula is C21H25BrN6. The zero-order chi connectivity index (χ0) is 19.7. The lowest BCUT2D eigenvalue weighted by Gasteiger charge is -2.18. The molecule has 0 spiro atoms. The Hall–Kier alpha value is -2.41. The van der Waals surface area contributed by atoms with Crippen molar-refractivity contribution in [3.8, 4) is 0 Å². The van der Waals surface area contributed by atoms with Crippen LogP contribution >= 0.6 is 15.9 Å². The number of aromatic nitrogens is 4. The van der Waals surface area contributed by atoms with Crippen LogP contribution in [0.3, 0.4) is 0 Å². The molecule has 1 aromatic carbocycles. The summed E-state index contributed by atoms with van der Waals surface area (Å²) in [6, 6.07) is 10.5. The lowest BCUT2D eigenvalue weighted by atomic mass is 9.88. The average Bonchev–Trinajstić information content (AvgIpc) is 3.38. The highest BCUT2D eigenvalue weighted by Crippen LogP contribution is 2.39. The summed E-state index contributed by atoms with van der Waals surface area (Å²) in [6.07, 6.45) is 5.26. The topological polar surface area (TPSA) is 78.5 Å². The third-order valence-corrected chi connectivity index (χ3v) is 5.13. The third-order valence-electron chi connectivity index (χ3n) is 4.55. The van der Waals surface area contributed by atoms with E-state index in [1.54, 1.807) is 6.20 Å². The number of aromatic amines is 1. The zero-order valence-electron chi connectivity index (χ0n) is 16.4. The highest BCUT2D eigenvalue weighted by Gasteiger charge is 2.25. The predicted octanol–water partition coefficient (Wildman–Crippen LogP) is 5.92. The van der Waals surface area contributed by atoms with Gasteiger partial charge in [-0.2, -0.15) is 10.1 Å². The molecule has 2 aromatic heterocycles. The highest BCUT2D eigenvalue weighted by atomic mass is 79.9. The first kappa shape index (κ1) is 18.9. The fourth-order valence-electron chi connectivity index (χ4n) is 3.09. The van der Waals surface area contributed by atoms with Crippen LogP contribution in [0.2, 0.25) is 0 Å². The van der Waals surface area contributed by atoms with Gasteiger partial charge in [0, 0.05) is 29.6 Å². The van der Waals surface area contributed by atoms with Gasteiger partial charge in [0.15, 0.2) is 11.6 Å². The smallest absolute Gasteiger partial charge is 0.229 e. The van der Waals surface area contributed by atoms with Crippen LogP contribution in [-0.2, 0) is 6.42 Å². The molecular weight excluding hydrogens is 416 g/mol. The Morgan fingerprint density at radius 1 is 1.14 bits per heavy atom. The van der Waals surface area contributed by atoms with E-state index in [9.17, 15) is 0 Å². The van der Waals surface area contributed by atoms with Gasteiger partial charge in [-0.3, -0.25) is 5.10 Å². The van der Waals surface area contributed by atoms with E-state index < -0.39 is 0 Å². The summed E-state index contributed by atoms with van der Waals surface area (Å²) in [6.45, 7) is 6.74. The van der Waals surface area contributed by atoms with Gasteiger partial charge in [-0.1, -0.05) is 32.9 Å². The van der Waals surface area contributed by atoms with Crippen molar-refractivity contribution >= 4 is 39.2 Å². The summed E-state index contributed by atoms with van der Waals surface area (Å²) in [7, 11) is 0. The van der Waals surface area contributed by atoms with E-state index in [1.807, 2.05) is 6.07 Å². The largest absolute Gasteiger partial charge is 0.324 e. The fraction of sp³-hybridized carbons (Fsp3) is 0.381. The molecule has 0 atom stereocenters. The molecule has 6 nitrogen and oxygen atoms in total. The van der Waals surface area contributed by atoms with Crippen LogP contribution in [0.15, 0.2) is 41.0 Å². The highest BCUT2D eigenvalue weighted by molar-refractivity contribution is 9.10. The van der Waals surface area contributed by atoms with Gasteiger partial charge in [0.05, 0.1) is 4.47 Å². The van der Waals surface area contributed by atoms with Crippen LogP contribution in [-0.4, -0.2) is 20.2 Å². The second-order valence-corrected chi connectivity index (χ2v) is 9.41. The molecule has 0 radical (unpaired) electrons. The van der Waals surface area contributed by atoms with E-state index in [4.69, 9.17) is 0 Å². The molecule has 0 bridgehead atoms. The maximum atomic E-state index is 4.58. The van der Waals surface area contributed by atoms with E-state index in [1.165, 1.54) is 24.1 Å². The Morgan fingerprint density at radius 2 is 1.89 bits per heavy atom. The Balaban J connectivity index is 1.45. The monoisotopic (exact) mass is 440 g/mol. The van der Waals surface area contributed by atoms with Crippen molar-refractivity contribution in [2.24, 2.45) is 5.41 Å². The first-order valence-corrected chi connectivity index (χ1v) is 10.4. The summed E-state index contributed by atoms with van der Waals surface area (Å²) in [5, 5.41) is 14.0. The number of benzene rings is 1. The van der Waals surface area contributed by atoms with Crippen LogP contribution in [0.1, 0.15) is 50.8 Å². The molecule has 2 heterocycles. The van der Waals surface area contributed by atoms with Crippen LogP contribution in [0.4, 0.5) is 23.3 Å². The molecule has 7 heteroatoms. The minimum atomic E-state index is 0.274. The summed E-state index contributed by atoms with van der Waals surface area (Å²) < 4.78 is 0.787. The van der Waals surface area contributed by atoms with E-state index >= 15 is 0 Å². The maximum absolute atomic E-state index is 4.58. The molecule has 0 aliphatic heterocycles. The van der Waals surface area contributed by atoms with Crippen molar-refractivity contribution in [3.05, 3.63) is 52.3 Å².